The predicted octanol–water partition coefficient (Wildman–Crippen LogP) is 1.72. The number of aliphatic hydroxyl groups excluding tert-OH is 1. The molecule has 1 aliphatic heterocycles. The zero-order valence-corrected chi connectivity index (χ0v) is 25.0. The third kappa shape index (κ3) is 6.18. The number of nitrogens with one attached hydrogen (secondary N) is 2. The molecule has 2 heterocycles. The van der Waals surface area contributed by atoms with Crippen molar-refractivity contribution in [3.8, 4) is 17.5 Å². The van der Waals surface area contributed by atoms with Gasteiger partial charge in [0.05, 0.1) is 24.6 Å². The van der Waals surface area contributed by atoms with Crippen molar-refractivity contribution in [1.29, 1.82) is 0 Å². The predicted molar refractivity (Wildman–Crippen MR) is 158 cm³/mol. The van der Waals surface area contributed by atoms with Gasteiger partial charge in [-0.05, 0) is 61.1 Å². The smallest absolute Gasteiger partial charge is 0.363 e. The number of hydrogen-bond acceptors (Lipinski definition) is 10. The van der Waals surface area contributed by atoms with E-state index in [1.807, 2.05) is 13.0 Å². The number of fused-ring (bicyclic) bond motifs is 2. The van der Waals surface area contributed by atoms with Gasteiger partial charge in [-0.3, -0.25) is 14.4 Å². The first-order valence-corrected chi connectivity index (χ1v) is 14.9. The molecule has 0 fully saturated rings. The van der Waals surface area contributed by atoms with E-state index < -0.39 is 41.3 Å². The average Bonchev–Trinajstić information content (AvgIpc) is 3.36. The summed E-state index contributed by atoms with van der Waals surface area (Å²) in [7, 11) is 1.53. The zero-order chi connectivity index (χ0) is 32.3. The molecule has 5 atom stereocenters. The van der Waals surface area contributed by atoms with Crippen LogP contribution < -0.4 is 20.2 Å². The van der Waals surface area contributed by atoms with Crippen LogP contribution in [0.4, 0.5) is 0 Å². The number of hydrogen-bond donors (Lipinski definition) is 5. The fraction of sp³-hybridized carbons (Fsp3) is 0.438. The van der Waals surface area contributed by atoms with E-state index in [9.17, 15) is 29.4 Å². The van der Waals surface area contributed by atoms with Crippen LogP contribution in [0, 0.1) is 17.8 Å². The second-order valence-corrected chi connectivity index (χ2v) is 11.3. The highest BCUT2D eigenvalue weighted by atomic mass is 16.7. The highest BCUT2D eigenvalue weighted by molar-refractivity contribution is 5.95. The Kier molecular flexibility index (Phi) is 9.30. The molecule has 5 N–H and O–H groups in total. The van der Waals surface area contributed by atoms with E-state index in [0.29, 0.717) is 35.3 Å². The summed E-state index contributed by atoms with van der Waals surface area (Å²) in [5.41, 5.74) is 1.85. The maximum absolute atomic E-state index is 13.3. The molecule has 5 unspecified atom stereocenters. The van der Waals surface area contributed by atoms with Crippen LogP contribution in [0.25, 0.3) is 0 Å². The lowest BCUT2D eigenvalue weighted by molar-refractivity contribution is -0.198. The summed E-state index contributed by atoms with van der Waals surface area (Å²) in [6, 6.07) is 7.18. The van der Waals surface area contributed by atoms with Crippen molar-refractivity contribution in [2.75, 3.05) is 26.8 Å². The highest BCUT2D eigenvalue weighted by Gasteiger charge is 2.59. The van der Waals surface area contributed by atoms with E-state index in [4.69, 9.17) is 19.4 Å². The summed E-state index contributed by atoms with van der Waals surface area (Å²) in [5.74, 6) is -4.63. The number of ketones is 1. The maximum Gasteiger partial charge on any atom is 0.363 e. The van der Waals surface area contributed by atoms with Crippen molar-refractivity contribution < 1.29 is 48.8 Å². The standard InChI is InChI=1S/C32H37N3O10/c1-3-20-18(5-4-6-25(38)34-17-26(39)33-13-14-36)15-21-23(37)11-12-32(43-2)30(21)29(20)22-16-19(7-8-24(22)44-32)31(42)45-35-27(40)9-10-28(35)41/h7-12,15-16,20-21,29-30,36,40-41H,3-6,13-14,17H2,1-2H3,(H,33,39)(H,34,38). The van der Waals surface area contributed by atoms with Crippen LogP contribution in [-0.4, -0.2) is 76.2 Å². The summed E-state index contributed by atoms with van der Waals surface area (Å²) >= 11 is 0. The van der Waals surface area contributed by atoms with Crippen LogP contribution in [0.5, 0.6) is 17.5 Å². The minimum atomic E-state index is -1.22. The molecule has 45 heavy (non-hydrogen) atoms. The number of aliphatic hydroxyl groups is 1. The van der Waals surface area contributed by atoms with Gasteiger partial charge in [-0.25, -0.2) is 4.79 Å². The monoisotopic (exact) mass is 623 g/mol. The molecule has 1 aromatic heterocycles. The first-order valence-electron chi connectivity index (χ1n) is 14.9. The van der Waals surface area contributed by atoms with Gasteiger partial charge in [0.25, 0.3) is 0 Å². The largest absolute Gasteiger partial charge is 0.492 e. The van der Waals surface area contributed by atoms with Gasteiger partial charge in [-0.1, -0.05) is 18.6 Å². The maximum atomic E-state index is 13.3. The third-order valence-electron chi connectivity index (χ3n) is 8.70. The number of amides is 2. The van der Waals surface area contributed by atoms with E-state index in [1.165, 1.54) is 31.4 Å². The summed E-state index contributed by atoms with van der Waals surface area (Å²) in [4.78, 5) is 55.8. The molecule has 0 saturated carbocycles. The van der Waals surface area contributed by atoms with Gasteiger partial charge in [-0.15, -0.1) is 4.73 Å². The van der Waals surface area contributed by atoms with E-state index >= 15 is 0 Å². The number of ether oxygens (including phenoxy) is 2. The van der Waals surface area contributed by atoms with Crippen LogP contribution in [0.2, 0.25) is 0 Å². The van der Waals surface area contributed by atoms with Crippen molar-refractivity contribution in [3.63, 3.8) is 0 Å². The second kappa shape index (κ2) is 13.2. The van der Waals surface area contributed by atoms with E-state index in [1.54, 1.807) is 18.2 Å². The Morgan fingerprint density at radius 2 is 1.84 bits per heavy atom. The van der Waals surface area contributed by atoms with Crippen LogP contribution in [-0.2, 0) is 19.1 Å². The Bertz CT molecular complexity index is 1530. The number of carbonyl (C=O) groups is 4. The van der Waals surface area contributed by atoms with Gasteiger partial charge in [0.15, 0.2) is 5.78 Å². The Labute approximate surface area is 259 Å². The molecule has 2 amide bonds. The Hall–Kier alpha value is -4.62. The molecule has 0 spiro atoms. The van der Waals surface area contributed by atoms with Gasteiger partial charge >= 0.3 is 5.97 Å². The zero-order valence-electron chi connectivity index (χ0n) is 25.0. The summed E-state index contributed by atoms with van der Waals surface area (Å²) in [6.45, 7) is 1.78. The van der Waals surface area contributed by atoms with Crippen LogP contribution in [0.1, 0.15) is 54.4 Å². The van der Waals surface area contributed by atoms with Crippen molar-refractivity contribution in [3.05, 3.63) is 65.3 Å². The number of aromatic hydroxyl groups is 2. The minimum absolute atomic E-state index is 0.0844. The van der Waals surface area contributed by atoms with Crippen molar-refractivity contribution in [2.24, 2.45) is 17.8 Å². The molecule has 0 saturated heterocycles. The fourth-order valence-corrected chi connectivity index (χ4v) is 6.70. The molecule has 2 aromatic rings. The van der Waals surface area contributed by atoms with Crippen molar-refractivity contribution >= 4 is 23.6 Å². The molecular weight excluding hydrogens is 586 g/mol. The lowest BCUT2D eigenvalue weighted by Crippen LogP contribution is -2.58. The topological polar surface area (TPSA) is 186 Å². The van der Waals surface area contributed by atoms with Gasteiger partial charge in [-0.2, -0.15) is 0 Å². The third-order valence-corrected chi connectivity index (χ3v) is 8.70. The molecule has 0 bridgehead atoms. The van der Waals surface area contributed by atoms with Gasteiger partial charge in [0.2, 0.25) is 29.4 Å². The molecule has 5 rings (SSSR count). The van der Waals surface area contributed by atoms with E-state index in [2.05, 4.69) is 10.6 Å². The number of methoxy groups -OCH3 is 1. The molecule has 0 radical (unpaired) electrons. The molecular formula is C32H37N3O10. The highest BCUT2D eigenvalue weighted by Crippen LogP contribution is 2.59. The lowest BCUT2D eigenvalue weighted by Gasteiger charge is -2.54. The minimum Gasteiger partial charge on any atom is -0.492 e. The average molecular weight is 624 g/mol. The fourth-order valence-electron chi connectivity index (χ4n) is 6.70. The molecule has 2 aliphatic carbocycles. The molecule has 240 valence electrons. The molecule has 3 aliphatic rings. The molecule has 13 nitrogen and oxygen atoms in total. The van der Waals surface area contributed by atoms with E-state index in [-0.39, 0.29) is 55.2 Å². The number of benzene rings is 1. The SMILES string of the molecule is CCC1C(CCCC(=O)NCC(=O)NCCO)=CC2C(=O)C=CC3(OC)Oc4ccc(C(=O)On5c(O)ccc5O)cc4C1C23. The first-order chi connectivity index (χ1) is 21.6. The van der Waals surface area contributed by atoms with Gasteiger partial charge < -0.3 is 40.3 Å². The lowest BCUT2D eigenvalue weighted by atomic mass is 9.57. The van der Waals surface area contributed by atoms with Crippen LogP contribution in [0.3, 0.4) is 0 Å². The van der Waals surface area contributed by atoms with Crippen LogP contribution in [0.15, 0.2) is 54.1 Å². The van der Waals surface area contributed by atoms with Gasteiger partial charge in [0.1, 0.15) is 5.75 Å². The number of rotatable bonds is 12. The second-order valence-electron chi connectivity index (χ2n) is 11.3. The Balaban J connectivity index is 1.41. The van der Waals surface area contributed by atoms with Crippen molar-refractivity contribution in [1.82, 2.24) is 15.4 Å². The summed E-state index contributed by atoms with van der Waals surface area (Å²) < 4.78 is 13.0. The van der Waals surface area contributed by atoms with Crippen molar-refractivity contribution in [2.45, 2.75) is 44.3 Å². The number of nitrogens with zero attached hydrogens (tertiary/aromatic N) is 1. The number of allylic oxidation sites excluding steroid dienone is 3. The number of carbonyl (C=O) groups excluding carboxylic acids is 4. The van der Waals surface area contributed by atoms with Crippen LogP contribution >= 0.6 is 0 Å². The Morgan fingerprint density at radius 1 is 1.09 bits per heavy atom. The number of aromatic nitrogens is 1. The quantitative estimate of drug-likeness (QED) is 0.218. The normalized spacial score (nSPS) is 24.5. The first kappa shape index (κ1) is 31.8. The van der Waals surface area contributed by atoms with E-state index in [0.717, 1.165) is 5.57 Å². The Morgan fingerprint density at radius 3 is 2.53 bits per heavy atom. The summed E-state index contributed by atoms with van der Waals surface area (Å²) in [5, 5.41) is 33.7. The summed E-state index contributed by atoms with van der Waals surface area (Å²) in [6.07, 6.45) is 6.97. The molecule has 1 aromatic carbocycles. The van der Waals surface area contributed by atoms with Gasteiger partial charge in [0, 0.05) is 44.0 Å². The molecule has 13 heteroatoms.